The topological polar surface area (TPSA) is 61.4 Å². The van der Waals surface area contributed by atoms with Crippen LogP contribution < -0.4 is 10.2 Å². The Hall–Kier alpha value is -3.41. The zero-order valence-electron chi connectivity index (χ0n) is 17.5. The fourth-order valence-corrected chi connectivity index (χ4v) is 3.54. The molecule has 6 heteroatoms. The van der Waals surface area contributed by atoms with Gasteiger partial charge in [0.05, 0.1) is 5.69 Å². The van der Waals surface area contributed by atoms with Crippen LogP contribution >= 0.6 is 0 Å². The monoisotopic (exact) mass is 401 g/mol. The number of carbonyl (C=O) groups is 1. The highest BCUT2D eigenvalue weighted by Gasteiger charge is 2.22. The molecule has 1 aromatic heterocycles. The van der Waals surface area contributed by atoms with E-state index < -0.39 is 0 Å². The minimum Gasteiger partial charge on any atom is -0.352 e. The molecule has 0 radical (unpaired) electrons. The Labute approximate surface area is 177 Å². The van der Waals surface area contributed by atoms with Crippen LogP contribution in [0.4, 0.5) is 16.3 Å². The molecule has 3 aromatic rings. The van der Waals surface area contributed by atoms with Crippen molar-refractivity contribution in [1.29, 1.82) is 0 Å². The Bertz CT molecular complexity index is 976. The first-order valence-electron chi connectivity index (χ1n) is 10.4. The number of aryl methyl sites for hydroxylation is 2. The summed E-state index contributed by atoms with van der Waals surface area (Å²) >= 11 is 0. The molecule has 1 aliphatic rings. The number of carbonyl (C=O) groups excluding carboxylic acids is 1. The van der Waals surface area contributed by atoms with Crippen LogP contribution in [0.5, 0.6) is 0 Å². The summed E-state index contributed by atoms with van der Waals surface area (Å²) in [5.41, 5.74) is 5.25. The van der Waals surface area contributed by atoms with Crippen molar-refractivity contribution in [2.45, 2.75) is 20.3 Å². The average molecular weight is 402 g/mol. The predicted molar refractivity (Wildman–Crippen MR) is 121 cm³/mol. The van der Waals surface area contributed by atoms with Crippen molar-refractivity contribution < 1.29 is 4.79 Å². The number of rotatable bonds is 4. The lowest BCUT2D eigenvalue weighted by molar-refractivity contribution is 0.208. The molecule has 4 rings (SSSR count). The quantitative estimate of drug-likeness (QED) is 0.705. The van der Waals surface area contributed by atoms with Crippen molar-refractivity contribution in [3.8, 4) is 11.3 Å². The van der Waals surface area contributed by atoms with Crippen molar-refractivity contribution in [3.63, 3.8) is 0 Å². The van der Waals surface area contributed by atoms with Gasteiger partial charge in [0.15, 0.2) is 5.82 Å². The number of aromatic nitrogens is 2. The second-order valence-electron chi connectivity index (χ2n) is 7.60. The zero-order chi connectivity index (χ0) is 20.9. The maximum absolute atomic E-state index is 12.5. The summed E-state index contributed by atoms with van der Waals surface area (Å²) in [6, 6.07) is 20.3. The van der Waals surface area contributed by atoms with Gasteiger partial charge in [-0.2, -0.15) is 0 Å². The molecule has 6 nitrogen and oxygen atoms in total. The second-order valence-corrected chi connectivity index (χ2v) is 7.60. The van der Waals surface area contributed by atoms with Crippen LogP contribution in [0.2, 0.25) is 0 Å². The lowest BCUT2D eigenvalue weighted by Crippen LogP contribution is -2.50. The van der Waals surface area contributed by atoms with E-state index in [2.05, 4.69) is 51.6 Å². The van der Waals surface area contributed by atoms with Crippen LogP contribution in [0.25, 0.3) is 11.3 Å². The standard InChI is InChI=1S/C24H27N5O/c1-3-19-6-8-20(9-7-19)22-12-13-23(27-26-22)28-14-16-29(17-15-28)24(30)25-21-10-4-18(2)5-11-21/h4-13H,3,14-17H2,1-2H3,(H,25,30). The van der Waals surface area contributed by atoms with Gasteiger partial charge in [-0.15, -0.1) is 10.2 Å². The average Bonchev–Trinajstić information content (AvgIpc) is 2.81. The van der Waals surface area contributed by atoms with Gasteiger partial charge >= 0.3 is 6.03 Å². The molecule has 0 spiro atoms. The Morgan fingerprint density at radius 1 is 0.900 bits per heavy atom. The maximum Gasteiger partial charge on any atom is 0.321 e. The van der Waals surface area contributed by atoms with Gasteiger partial charge in [-0.1, -0.05) is 48.9 Å². The Morgan fingerprint density at radius 3 is 2.20 bits per heavy atom. The van der Waals surface area contributed by atoms with Gasteiger partial charge in [0.1, 0.15) is 0 Å². The molecule has 0 aliphatic carbocycles. The summed E-state index contributed by atoms with van der Waals surface area (Å²) in [7, 11) is 0. The van der Waals surface area contributed by atoms with Gasteiger partial charge in [-0.05, 0) is 43.2 Å². The number of piperazine rings is 1. The summed E-state index contributed by atoms with van der Waals surface area (Å²) in [6.45, 7) is 6.96. The third kappa shape index (κ3) is 4.59. The highest BCUT2D eigenvalue weighted by atomic mass is 16.2. The van der Waals surface area contributed by atoms with Gasteiger partial charge in [-0.3, -0.25) is 0 Å². The number of benzene rings is 2. The van der Waals surface area contributed by atoms with Gasteiger partial charge in [0, 0.05) is 37.4 Å². The molecule has 1 aliphatic heterocycles. The summed E-state index contributed by atoms with van der Waals surface area (Å²) in [6.07, 6.45) is 1.03. The molecule has 0 unspecified atom stereocenters. The van der Waals surface area contributed by atoms with Crippen molar-refractivity contribution in [2.75, 3.05) is 36.4 Å². The highest BCUT2D eigenvalue weighted by molar-refractivity contribution is 5.89. The summed E-state index contributed by atoms with van der Waals surface area (Å²) in [5.74, 6) is 0.850. The fourth-order valence-electron chi connectivity index (χ4n) is 3.54. The molecule has 2 heterocycles. The maximum atomic E-state index is 12.5. The van der Waals surface area contributed by atoms with Crippen molar-refractivity contribution in [2.24, 2.45) is 0 Å². The molecular formula is C24H27N5O. The number of urea groups is 1. The van der Waals surface area contributed by atoms with E-state index in [1.165, 1.54) is 11.1 Å². The summed E-state index contributed by atoms with van der Waals surface area (Å²) in [4.78, 5) is 16.5. The number of nitrogens with one attached hydrogen (secondary N) is 1. The van der Waals surface area contributed by atoms with Crippen LogP contribution in [0.15, 0.2) is 60.7 Å². The number of anilines is 2. The van der Waals surface area contributed by atoms with Crippen LogP contribution in [0.3, 0.4) is 0 Å². The van der Waals surface area contributed by atoms with Crippen LogP contribution in [-0.4, -0.2) is 47.3 Å². The third-order valence-electron chi connectivity index (χ3n) is 5.50. The van der Waals surface area contributed by atoms with Gasteiger partial charge in [0.25, 0.3) is 0 Å². The first-order chi connectivity index (χ1) is 14.6. The molecule has 1 N–H and O–H groups in total. The van der Waals surface area contributed by atoms with Crippen LogP contribution in [0, 0.1) is 6.92 Å². The van der Waals surface area contributed by atoms with E-state index in [0.717, 1.165) is 42.3 Å². The molecule has 0 atom stereocenters. The minimum absolute atomic E-state index is 0.0598. The number of hydrogen-bond acceptors (Lipinski definition) is 4. The normalized spacial score (nSPS) is 13.9. The number of nitrogens with zero attached hydrogens (tertiary/aromatic N) is 4. The summed E-state index contributed by atoms with van der Waals surface area (Å²) in [5, 5.41) is 11.8. The van der Waals surface area contributed by atoms with Gasteiger partial charge in [0.2, 0.25) is 0 Å². The van der Waals surface area contributed by atoms with E-state index >= 15 is 0 Å². The zero-order valence-corrected chi connectivity index (χ0v) is 17.5. The molecule has 154 valence electrons. The molecule has 2 aromatic carbocycles. The SMILES string of the molecule is CCc1ccc(-c2ccc(N3CCN(C(=O)Nc4ccc(C)cc4)CC3)nn2)cc1. The van der Waals surface area contributed by atoms with Crippen molar-refractivity contribution in [3.05, 3.63) is 71.8 Å². The van der Waals surface area contributed by atoms with Crippen molar-refractivity contribution >= 4 is 17.5 Å². The molecule has 1 saturated heterocycles. The second kappa shape index (κ2) is 8.95. The van der Waals surface area contributed by atoms with E-state index in [-0.39, 0.29) is 6.03 Å². The lowest BCUT2D eigenvalue weighted by atomic mass is 10.1. The largest absolute Gasteiger partial charge is 0.352 e. The van der Waals surface area contributed by atoms with E-state index in [9.17, 15) is 4.79 Å². The van der Waals surface area contributed by atoms with E-state index in [0.29, 0.717) is 13.1 Å². The summed E-state index contributed by atoms with van der Waals surface area (Å²) < 4.78 is 0. The smallest absolute Gasteiger partial charge is 0.321 e. The molecule has 2 amide bonds. The third-order valence-corrected chi connectivity index (χ3v) is 5.50. The molecule has 0 saturated carbocycles. The molecule has 30 heavy (non-hydrogen) atoms. The first-order valence-corrected chi connectivity index (χ1v) is 10.4. The fraction of sp³-hybridized carbons (Fsp3) is 0.292. The minimum atomic E-state index is -0.0598. The molecular weight excluding hydrogens is 374 g/mol. The Kier molecular flexibility index (Phi) is 5.93. The highest BCUT2D eigenvalue weighted by Crippen LogP contribution is 2.20. The number of hydrogen-bond donors (Lipinski definition) is 1. The van der Waals surface area contributed by atoms with Crippen LogP contribution in [-0.2, 0) is 6.42 Å². The van der Waals surface area contributed by atoms with E-state index in [1.54, 1.807) is 0 Å². The first kappa shape index (κ1) is 19.9. The Balaban J connectivity index is 1.33. The predicted octanol–water partition coefficient (Wildman–Crippen LogP) is 4.37. The molecule has 1 fully saturated rings. The lowest BCUT2D eigenvalue weighted by Gasteiger charge is -2.35. The number of amides is 2. The van der Waals surface area contributed by atoms with Gasteiger partial charge < -0.3 is 15.1 Å². The van der Waals surface area contributed by atoms with E-state index in [1.807, 2.05) is 48.2 Å². The van der Waals surface area contributed by atoms with E-state index in [4.69, 9.17) is 0 Å². The van der Waals surface area contributed by atoms with Crippen LogP contribution in [0.1, 0.15) is 18.1 Å². The Morgan fingerprint density at radius 2 is 1.60 bits per heavy atom. The van der Waals surface area contributed by atoms with Gasteiger partial charge in [-0.25, -0.2) is 4.79 Å². The molecule has 0 bridgehead atoms. The van der Waals surface area contributed by atoms with Crippen molar-refractivity contribution in [1.82, 2.24) is 15.1 Å².